The van der Waals surface area contributed by atoms with Crippen molar-refractivity contribution in [3.8, 4) is 0 Å². The van der Waals surface area contributed by atoms with Crippen LogP contribution in [0.4, 0.5) is 11.4 Å². The molecule has 0 aliphatic heterocycles. The van der Waals surface area contributed by atoms with Crippen molar-refractivity contribution < 1.29 is 14.4 Å². The number of carbonyl (C=O) groups is 3. The molecule has 0 radical (unpaired) electrons. The number of benzene rings is 2. The number of anilines is 2. The Morgan fingerprint density at radius 2 is 1.56 bits per heavy atom. The van der Waals surface area contributed by atoms with E-state index in [2.05, 4.69) is 10.6 Å². The van der Waals surface area contributed by atoms with Crippen molar-refractivity contribution in [2.45, 2.75) is 0 Å². The molecule has 0 fully saturated rings. The fourth-order valence-corrected chi connectivity index (χ4v) is 2.16. The van der Waals surface area contributed by atoms with Crippen LogP contribution in [0.2, 0.25) is 0 Å². The number of primary amides is 1. The number of rotatable bonds is 6. The molecular formula is C18H20N4O3. The number of nitrogens with two attached hydrogens (primary N) is 1. The van der Waals surface area contributed by atoms with E-state index in [1.807, 2.05) is 0 Å². The van der Waals surface area contributed by atoms with Crippen LogP contribution in [0.3, 0.4) is 0 Å². The molecule has 0 aliphatic rings. The molecule has 0 spiro atoms. The van der Waals surface area contributed by atoms with E-state index in [1.54, 1.807) is 56.6 Å². The molecular weight excluding hydrogens is 320 g/mol. The average molecular weight is 340 g/mol. The predicted octanol–water partition coefficient (Wildman–Crippen LogP) is 1.54. The standard InChI is InChI=1S/C18H20N4O3/c1-22(2)18(25)13-6-4-7-14(10-13)20-11-16(23)21-15-8-3-5-12(9-15)17(19)24/h3-10,20H,11H2,1-2H3,(H2,19,24)(H,21,23). The van der Waals surface area contributed by atoms with Gasteiger partial charge >= 0.3 is 0 Å². The zero-order chi connectivity index (χ0) is 18.4. The quantitative estimate of drug-likeness (QED) is 0.742. The summed E-state index contributed by atoms with van der Waals surface area (Å²) in [6, 6.07) is 13.3. The van der Waals surface area contributed by atoms with Gasteiger partial charge in [0.05, 0.1) is 6.54 Å². The molecule has 7 nitrogen and oxygen atoms in total. The molecule has 2 aromatic rings. The van der Waals surface area contributed by atoms with E-state index in [9.17, 15) is 14.4 Å². The minimum Gasteiger partial charge on any atom is -0.376 e. The lowest BCUT2D eigenvalue weighted by molar-refractivity contribution is -0.114. The molecule has 2 aromatic carbocycles. The Hall–Kier alpha value is -3.35. The summed E-state index contributed by atoms with van der Waals surface area (Å²) in [6.45, 7) is 0.0143. The summed E-state index contributed by atoms with van der Waals surface area (Å²) in [4.78, 5) is 36.6. The minimum absolute atomic E-state index is 0.0143. The van der Waals surface area contributed by atoms with Crippen LogP contribution < -0.4 is 16.4 Å². The minimum atomic E-state index is -0.559. The van der Waals surface area contributed by atoms with Crippen molar-refractivity contribution in [3.05, 3.63) is 59.7 Å². The van der Waals surface area contributed by atoms with Gasteiger partial charge in [-0.1, -0.05) is 12.1 Å². The third kappa shape index (κ3) is 5.07. The first kappa shape index (κ1) is 18.0. The van der Waals surface area contributed by atoms with Crippen LogP contribution in [-0.2, 0) is 4.79 Å². The second-order valence-electron chi connectivity index (χ2n) is 5.63. The van der Waals surface area contributed by atoms with Crippen molar-refractivity contribution >= 4 is 29.1 Å². The van der Waals surface area contributed by atoms with Crippen LogP contribution in [0.25, 0.3) is 0 Å². The molecule has 0 atom stereocenters. The van der Waals surface area contributed by atoms with Gasteiger partial charge in [0, 0.05) is 36.6 Å². The van der Waals surface area contributed by atoms with Gasteiger partial charge in [0.15, 0.2) is 0 Å². The number of nitrogens with zero attached hydrogens (tertiary/aromatic N) is 1. The Kier molecular flexibility index (Phi) is 5.73. The van der Waals surface area contributed by atoms with Gasteiger partial charge in [-0.2, -0.15) is 0 Å². The Balaban J connectivity index is 1.96. The van der Waals surface area contributed by atoms with Crippen molar-refractivity contribution in [3.63, 3.8) is 0 Å². The predicted molar refractivity (Wildman–Crippen MR) is 96.5 cm³/mol. The summed E-state index contributed by atoms with van der Waals surface area (Å²) in [7, 11) is 3.35. The van der Waals surface area contributed by atoms with E-state index in [0.717, 1.165) is 0 Å². The van der Waals surface area contributed by atoms with Gasteiger partial charge in [-0.3, -0.25) is 14.4 Å². The first-order valence-corrected chi connectivity index (χ1v) is 7.62. The molecule has 0 saturated carbocycles. The van der Waals surface area contributed by atoms with Crippen LogP contribution in [0, 0.1) is 0 Å². The zero-order valence-corrected chi connectivity index (χ0v) is 14.1. The van der Waals surface area contributed by atoms with E-state index < -0.39 is 5.91 Å². The SMILES string of the molecule is CN(C)C(=O)c1cccc(NCC(=O)Nc2cccc(C(N)=O)c2)c1. The molecule has 2 rings (SSSR count). The smallest absolute Gasteiger partial charge is 0.253 e. The lowest BCUT2D eigenvalue weighted by Crippen LogP contribution is -2.23. The molecule has 0 bridgehead atoms. The molecule has 7 heteroatoms. The van der Waals surface area contributed by atoms with Crippen molar-refractivity contribution in [1.29, 1.82) is 0 Å². The van der Waals surface area contributed by atoms with E-state index in [4.69, 9.17) is 5.73 Å². The van der Waals surface area contributed by atoms with Gasteiger partial charge in [-0.05, 0) is 36.4 Å². The normalized spacial score (nSPS) is 10.0. The number of amides is 3. The highest BCUT2D eigenvalue weighted by atomic mass is 16.2. The fourth-order valence-electron chi connectivity index (χ4n) is 2.16. The molecule has 0 unspecified atom stereocenters. The number of hydrogen-bond donors (Lipinski definition) is 3. The molecule has 4 N–H and O–H groups in total. The van der Waals surface area contributed by atoms with Crippen LogP contribution in [0.5, 0.6) is 0 Å². The Morgan fingerprint density at radius 3 is 2.20 bits per heavy atom. The third-order valence-corrected chi connectivity index (χ3v) is 3.40. The molecule has 0 heterocycles. The molecule has 0 saturated heterocycles. The average Bonchev–Trinajstić information content (AvgIpc) is 2.59. The van der Waals surface area contributed by atoms with Crippen molar-refractivity contribution in [2.24, 2.45) is 5.73 Å². The second-order valence-corrected chi connectivity index (χ2v) is 5.63. The Labute approximate surface area is 145 Å². The molecule has 0 aromatic heterocycles. The maximum Gasteiger partial charge on any atom is 0.253 e. The maximum atomic E-state index is 12.0. The number of nitrogens with one attached hydrogen (secondary N) is 2. The first-order chi connectivity index (χ1) is 11.9. The highest BCUT2D eigenvalue weighted by Gasteiger charge is 2.09. The summed E-state index contributed by atoms with van der Waals surface area (Å²) in [5.41, 5.74) is 7.21. The largest absolute Gasteiger partial charge is 0.376 e. The van der Waals surface area contributed by atoms with Gasteiger partial charge in [-0.25, -0.2) is 0 Å². The van der Waals surface area contributed by atoms with Gasteiger partial charge in [0.2, 0.25) is 11.8 Å². The number of hydrogen-bond acceptors (Lipinski definition) is 4. The van der Waals surface area contributed by atoms with E-state index in [0.29, 0.717) is 22.5 Å². The monoisotopic (exact) mass is 340 g/mol. The lowest BCUT2D eigenvalue weighted by atomic mass is 10.2. The van der Waals surface area contributed by atoms with Gasteiger partial charge in [-0.15, -0.1) is 0 Å². The van der Waals surface area contributed by atoms with Gasteiger partial charge < -0.3 is 21.3 Å². The summed E-state index contributed by atoms with van der Waals surface area (Å²) in [6.07, 6.45) is 0. The summed E-state index contributed by atoms with van der Waals surface area (Å²) < 4.78 is 0. The van der Waals surface area contributed by atoms with E-state index >= 15 is 0 Å². The summed E-state index contributed by atoms with van der Waals surface area (Å²) in [5, 5.41) is 5.64. The highest BCUT2D eigenvalue weighted by molar-refractivity contribution is 5.98. The Bertz CT molecular complexity index is 802. The summed E-state index contributed by atoms with van der Waals surface area (Å²) in [5.74, 6) is -0.959. The topological polar surface area (TPSA) is 105 Å². The fraction of sp³-hybridized carbons (Fsp3) is 0.167. The molecule has 25 heavy (non-hydrogen) atoms. The van der Waals surface area contributed by atoms with E-state index in [1.165, 1.54) is 11.0 Å². The Morgan fingerprint density at radius 1 is 0.960 bits per heavy atom. The summed E-state index contributed by atoms with van der Waals surface area (Å²) >= 11 is 0. The van der Waals surface area contributed by atoms with Gasteiger partial charge in [0.1, 0.15) is 0 Å². The van der Waals surface area contributed by atoms with Crippen LogP contribution in [0.15, 0.2) is 48.5 Å². The van der Waals surface area contributed by atoms with Gasteiger partial charge in [0.25, 0.3) is 5.91 Å². The van der Waals surface area contributed by atoms with Crippen LogP contribution in [0.1, 0.15) is 20.7 Å². The molecule has 0 aliphatic carbocycles. The number of carbonyl (C=O) groups excluding carboxylic acids is 3. The zero-order valence-electron chi connectivity index (χ0n) is 14.1. The first-order valence-electron chi connectivity index (χ1n) is 7.62. The van der Waals surface area contributed by atoms with E-state index in [-0.39, 0.29) is 18.4 Å². The maximum absolute atomic E-state index is 12.0. The van der Waals surface area contributed by atoms with Crippen LogP contribution >= 0.6 is 0 Å². The molecule has 130 valence electrons. The second kappa shape index (κ2) is 7.96. The molecule has 3 amide bonds. The third-order valence-electron chi connectivity index (χ3n) is 3.40. The van der Waals surface area contributed by atoms with Crippen molar-refractivity contribution in [2.75, 3.05) is 31.3 Å². The van der Waals surface area contributed by atoms with Crippen LogP contribution in [-0.4, -0.2) is 43.3 Å². The lowest BCUT2D eigenvalue weighted by Gasteiger charge is -2.12. The highest BCUT2D eigenvalue weighted by Crippen LogP contribution is 2.13. The van der Waals surface area contributed by atoms with Crippen molar-refractivity contribution in [1.82, 2.24) is 4.90 Å².